The molecule has 12 nitrogen and oxygen atoms in total. The van der Waals surface area contributed by atoms with Crippen LogP contribution in [-0.2, 0) is 16.1 Å². The monoisotopic (exact) mass is 525 g/mol. The van der Waals surface area contributed by atoms with Gasteiger partial charge in [0.1, 0.15) is 11.5 Å². The van der Waals surface area contributed by atoms with Gasteiger partial charge in [0, 0.05) is 25.3 Å². The van der Waals surface area contributed by atoms with Gasteiger partial charge < -0.3 is 25.9 Å². The van der Waals surface area contributed by atoms with Crippen LogP contribution in [0, 0.1) is 17.2 Å². The summed E-state index contributed by atoms with van der Waals surface area (Å²) in [5.41, 5.74) is 3.43. The predicted octanol–water partition coefficient (Wildman–Crippen LogP) is 2.07. The topological polar surface area (TPSA) is 175 Å². The fraction of sp³-hybridized carbons (Fsp3) is 0.296. The third-order valence-corrected chi connectivity index (χ3v) is 6.49. The molecule has 0 unspecified atom stereocenters. The Morgan fingerprint density at radius 1 is 1.23 bits per heavy atom. The summed E-state index contributed by atoms with van der Waals surface area (Å²) in [5.74, 6) is 5.71. The molecule has 0 radical (unpaired) electrons. The van der Waals surface area contributed by atoms with Gasteiger partial charge in [-0.25, -0.2) is 15.0 Å². The van der Waals surface area contributed by atoms with Gasteiger partial charge in [0.15, 0.2) is 0 Å². The summed E-state index contributed by atoms with van der Waals surface area (Å²) in [6, 6.07) is 16.7. The van der Waals surface area contributed by atoms with Crippen molar-refractivity contribution in [3.8, 4) is 17.3 Å². The number of anilines is 2. The molecule has 0 saturated carbocycles. The maximum absolute atomic E-state index is 11.1. The smallest absolute Gasteiger partial charge is 0.310 e. The van der Waals surface area contributed by atoms with E-state index >= 15 is 0 Å². The van der Waals surface area contributed by atoms with Crippen molar-refractivity contribution in [2.75, 3.05) is 36.5 Å². The standard InChI is InChI=1S/C27H27N9O3/c28-11-17-3-1-4-18(9-17)22-10-23(34-27(33-22)32-21-7-8-39-16-21)24(35-29)13-30-12-20-5-2-6-25(31-20)36-14-19(15-36)26(37)38/h1-6,9-10,13,19,21H,7-8,12,14-16,29H2,(H,37,38)(H,32,33,34)/t21-/m1/s1. The van der Waals surface area contributed by atoms with Gasteiger partial charge >= 0.3 is 5.97 Å². The van der Waals surface area contributed by atoms with Crippen LogP contribution in [0.15, 0.2) is 58.6 Å². The predicted molar refractivity (Wildman–Crippen MR) is 146 cm³/mol. The Kier molecular flexibility index (Phi) is 7.70. The van der Waals surface area contributed by atoms with Crippen molar-refractivity contribution in [2.24, 2.45) is 21.9 Å². The molecular formula is C27H27N9O3. The Labute approximate surface area is 224 Å². The third kappa shape index (κ3) is 6.16. The van der Waals surface area contributed by atoms with Crippen LogP contribution < -0.4 is 16.1 Å². The lowest BCUT2D eigenvalue weighted by molar-refractivity contribution is -0.142. The highest BCUT2D eigenvalue weighted by Crippen LogP contribution is 2.24. The normalized spacial score (nSPS) is 17.7. The number of hydrazone groups is 1. The molecule has 39 heavy (non-hydrogen) atoms. The Hall–Kier alpha value is -4.89. The summed E-state index contributed by atoms with van der Waals surface area (Å²) in [6.07, 6.45) is 2.38. The quantitative estimate of drug-likeness (QED) is 0.213. The van der Waals surface area contributed by atoms with E-state index in [0.29, 0.717) is 54.9 Å². The summed E-state index contributed by atoms with van der Waals surface area (Å²) < 4.78 is 5.46. The van der Waals surface area contributed by atoms with E-state index in [9.17, 15) is 10.1 Å². The van der Waals surface area contributed by atoms with Gasteiger partial charge in [-0.3, -0.25) is 9.79 Å². The Morgan fingerprint density at radius 3 is 2.82 bits per heavy atom. The number of aliphatic carboxylic acids is 1. The number of hydrogen-bond acceptors (Lipinski definition) is 11. The third-order valence-electron chi connectivity index (χ3n) is 6.49. The summed E-state index contributed by atoms with van der Waals surface area (Å²) in [4.78, 5) is 31.4. The number of nitriles is 1. The highest BCUT2D eigenvalue weighted by molar-refractivity contribution is 6.37. The van der Waals surface area contributed by atoms with Crippen molar-refractivity contribution >= 4 is 29.7 Å². The number of benzene rings is 1. The number of nitrogens with zero attached hydrogens (tertiary/aromatic N) is 7. The molecule has 0 amide bonds. The highest BCUT2D eigenvalue weighted by atomic mass is 16.5. The number of nitrogens with two attached hydrogens (primary N) is 1. The number of aliphatic imine (C=N–C) groups is 1. The van der Waals surface area contributed by atoms with Crippen LogP contribution >= 0.6 is 0 Å². The lowest BCUT2D eigenvalue weighted by atomic mass is 10.0. The first-order valence-electron chi connectivity index (χ1n) is 12.5. The largest absolute Gasteiger partial charge is 0.481 e. The van der Waals surface area contributed by atoms with E-state index in [1.807, 2.05) is 29.2 Å². The van der Waals surface area contributed by atoms with Gasteiger partial charge in [0.2, 0.25) is 5.95 Å². The second-order valence-electron chi connectivity index (χ2n) is 9.27. The minimum atomic E-state index is -0.791. The molecular weight excluding hydrogens is 498 g/mol. The first-order valence-corrected chi connectivity index (χ1v) is 12.5. The fourth-order valence-electron chi connectivity index (χ4n) is 4.31. The minimum Gasteiger partial charge on any atom is -0.481 e. The van der Waals surface area contributed by atoms with Crippen LogP contribution in [0.5, 0.6) is 0 Å². The van der Waals surface area contributed by atoms with E-state index in [-0.39, 0.29) is 18.5 Å². The molecule has 0 aliphatic carbocycles. The number of pyridine rings is 1. The van der Waals surface area contributed by atoms with Gasteiger partial charge in [-0.2, -0.15) is 10.4 Å². The van der Waals surface area contributed by atoms with Crippen molar-refractivity contribution in [1.82, 2.24) is 15.0 Å². The minimum absolute atomic E-state index is 0.0843. The van der Waals surface area contributed by atoms with Gasteiger partial charge in [0.05, 0.1) is 60.0 Å². The molecule has 198 valence electrons. The molecule has 3 aromatic rings. The number of nitrogens with one attached hydrogen (secondary N) is 1. The van der Waals surface area contributed by atoms with Crippen LogP contribution in [0.4, 0.5) is 11.8 Å². The van der Waals surface area contributed by atoms with Crippen LogP contribution in [0.2, 0.25) is 0 Å². The van der Waals surface area contributed by atoms with E-state index in [0.717, 1.165) is 23.5 Å². The molecule has 5 rings (SSSR count). The molecule has 0 spiro atoms. The summed E-state index contributed by atoms with van der Waals surface area (Å²) in [7, 11) is 0. The van der Waals surface area contributed by atoms with Crippen molar-refractivity contribution in [3.63, 3.8) is 0 Å². The molecule has 2 aliphatic rings. The molecule has 2 aliphatic heterocycles. The average molecular weight is 526 g/mol. The second-order valence-corrected chi connectivity index (χ2v) is 9.27. The molecule has 1 atom stereocenters. The maximum Gasteiger partial charge on any atom is 0.310 e. The number of ether oxygens (including phenoxy) is 1. The molecule has 1 aromatic carbocycles. The number of hydrogen-bond donors (Lipinski definition) is 3. The summed E-state index contributed by atoms with van der Waals surface area (Å²) >= 11 is 0. The first-order chi connectivity index (χ1) is 19.0. The zero-order valence-corrected chi connectivity index (χ0v) is 21.1. The molecule has 4 heterocycles. The highest BCUT2D eigenvalue weighted by Gasteiger charge is 2.33. The Morgan fingerprint density at radius 2 is 2.08 bits per heavy atom. The van der Waals surface area contributed by atoms with Crippen molar-refractivity contribution in [1.29, 1.82) is 5.26 Å². The molecule has 2 aromatic heterocycles. The molecule has 2 fully saturated rings. The van der Waals surface area contributed by atoms with Gasteiger partial charge in [-0.05, 0) is 36.8 Å². The molecule has 4 N–H and O–H groups in total. The summed E-state index contributed by atoms with van der Waals surface area (Å²) in [6.45, 7) is 2.39. The number of carboxylic acids is 1. The van der Waals surface area contributed by atoms with Crippen LogP contribution in [0.1, 0.15) is 23.4 Å². The van der Waals surface area contributed by atoms with Gasteiger partial charge in [-0.1, -0.05) is 18.2 Å². The van der Waals surface area contributed by atoms with Crippen LogP contribution in [0.25, 0.3) is 11.3 Å². The number of rotatable bonds is 9. The Bertz CT molecular complexity index is 1450. The average Bonchev–Trinajstić information content (AvgIpc) is 3.43. The fourth-order valence-corrected chi connectivity index (χ4v) is 4.31. The van der Waals surface area contributed by atoms with Crippen LogP contribution in [-0.4, -0.2) is 70.3 Å². The summed E-state index contributed by atoms with van der Waals surface area (Å²) in [5, 5.41) is 25.7. The molecule has 12 heteroatoms. The van der Waals surface area contributed by atoms with E-state index in [2.05, 4.69) is 36.4 Å². The van der Waals surface area contributed by atoms with Crippen LogP contribution in [0.3, 0.4) is 0 Å². The lowest BCUT2D eigenvalue weighted by Gasteiger charge is -2.37. The van der Waals surface area contributed by atoms with Gasteiger partial charge in [-0.15, -0.1) is 0 Å². The van der Waals surface area contributed by atoms with Crippen molar-refractivity contribution in [2.45, 2.75) is 19.0 Å². The lowest BCUT2D eigenvalue weighted by Crippen LogP contribution is -2.50. The van der Waals surface area contributed by atoms with Crippen molar-refractivity contribution in [3.05, 3.63) is 65.5 Å². The van der Waals surface area contributed by atoms with Crippen molar-refractivity contribution < 1.29 is 14.6 Å². The van der Waals surface area contributed by atoms with E-state index in [1.165, 1.54) is 0 Å². The Balaban J connectivity index is 1.35. The molecule has 2 saturated heterocycles. The van der Waals surface area contributed by atoms with E-state index < -0.39 is 5.97 Å². The molecule has 0 bridgehead atoms. The van der Waals surface area contributed by atoms with Gasteiger partial charge in [0.25, 0.3) is 0 Å². The zero-order valence-electron chi connectivity index (χ0n) is 21.1. The number of carbonyl (C=O) groups is 1. The zero-order chi connectivity index (χ0) is 27.2. The number of aromatic nitrogens is 3. The number of carboxylic acid groups (broad SMARTS) is 1. The van der Waals surface area contributed by atoms with E-state index in [1.54, 1.807) is 30.5 Å². The van der Waals surface area contributed by atoms with E-state index in [4.69, 9.17) is 15.7 Å². The SMILES string of the molecule is N#Cc1cccc(-c2cc(C(C=NCc3cccc(N4CC(C(=O)O)C4)n3)=NN)nc(N[C@@H]3CCOC3)n2)c1. The maximum atomic E-state index is 11.1. The first kappa shape index (κ1) is 25.7. The second kappa shape index (κ2) is 11.7.